The fourth-order valence-electron chi connectivity index (χ4n) is 4.55. The van der Waals surface area contributed by atoms with Crippen molar-refractivity contribution < 1.29 is 32.2 Å². The van der Waals surface area contributed by atoms with Crippen molar-refractivity contribution in [1.82, 2.24) is 15.4 Å². The van der Waals surface area contributed by atoms with Crippen LogP contribution in [-0.4, -0.2) is 52.3 Å². The van der Waals surface area contributed by atoms with Gasteiger partial charge in [-0.3, -0.25) is 4.79 Å². The highest BCUT2D eigenvalue weighted by Gasteiger charge is 2.24. The Labute approximate surface area is 257 Å². The Morgan fingerprint density at radius 1 is 0.818 bits per heavy atom. The summed E-state index contributed by atoms with van der Waals surface area (Å²) >= 11 is 0. The third kappa shape index (κ3) is 9.35. The van der Waals surface area contributed by atoms with E-state index in [9.17, 15) is 22.7 Å². The van der Waals surface area contributed by atoms with Gasteiger partial charge in [0.1, 0.15) is 17.3 Å². The quantitative estimate of drug-likeness (QED) is 0.159. The van der Waals surface area contributed by atoms with Crippen LogP contribution in [0, 0.1) is 5.82 Å². The molecule has 0 unspecified atom stereocenters. The minimum absolute atomic E-state index is 0.0324. The lowest BCUT2D eigenvalue weighted by Gasteiger charge is -2.25. The zero-order valence-corrected chi connectivity index (χ0v) is 25.3. The normalized spacial score (nSPS) is 12.7. The lowest BCUT2D eigenvalue weighted by molar-refractivity contribution is 0.0829. The molecule has 0 aliphatic carbocycles. The SMILES string of the molecule is COc1cccc(CNC[C@H](O)[C@H](Cc2ccc(F)cc2)NC(=O)c2cccc(S(=O)(=O)NCc3cccc(OC)c3)c2)c1. The van der Waals surface area contributed by atoms with Crippen molar-refractivity contribution in [3.05, 3.63) is 125 Å². The molecule has 0 fully saturated rings. The molecular weight excluding hydrogens is 585 g/mol. The molecule has 1 amide bonds. The maximum atomic E-state index is 13.5. The van der Waals surface area contributed by atoms with Gasteiger partial charge in [-0.1, -0.05) is 42.5 Å². The molecule has 232 valence electrons. The monoisotopic (exact) mass is 621 g/mol. The van der Waals surface area contributed by atoms with E-state index >= 15 is 0 Å². The van der Waals surface area contributed by atoms with Gasteiger partial charge >= 0.3 is 0 Å². The molecule has 0 aliphatic rings. The highest BCUT2D eigenvalue weighted by atomic mass is 32.2. The van der Waals surface area contributed by atoms with Gasteiger partial charge in [-0.25, -0.2) is 17.5 Å². The Kier molecular flexibility index (Phi) is 11.4. The number of nitrogens with one attached hydrogen (secondary N) is 3. The largest absolute Gasteiger partial charge is 0.497 e. The lowest BCUT2D eigenvalue weighted by Crippen LogP contribution is -2.48. The molecule has 0 radical (unpaired) electrons. The first-order chi connectivity index (χ1) is 21.2. The predicted molar refractivity (Wildman–Crippen MR) is 166 cm³/mol. The number of hydrogen-bond donors (Lipinski definition) is 4. The molecule has 0 saturated heterocycles. The van der Waals surface area contributed by atoms with Crippen molar-refractivity contribution >= 4 is 15.9 Å². The van der Waals surface area contributed by atoms with Gasteiger partial charge in [-0.15, -0.1) is 0 Å². The Morgan fingerprint density at radius 2 is 1.43 bits per heavy atom. The first-order valence-electron chi connectivity index (χ1n) is 14.0. The minimum Gasteiger partial charge on any atom is -0.497 e. The van der Waals surface area contributed by atoms with E-state index in [1.165, 1.54) is 43.5 Å². The maximum Gasteiger partial charge on any atom is 0.251 e. The smallest absolute Gasteiger partial charge is 0.251 e. The van der Waals surface area contributed by atoms with E-state index in [-0.39, 0.29) is 30.0 Å². The van der Waals surface area contributed by atoms with Crippen LogP contribution in [0.15, 0.2) is 102 Å². The first kappa shape index (κ1) is 32.6. The van der Waals surface area contributed by atoms with Crippen molar-refractivity contribution in [3.8, 4) is 11.5 Å². The van der Waals surface area contributed by atoms with E-state index in [2.05, 4.69) is 15.4 Å². The van der Waals surface area contributed by atoms with Crippen LogP contribution in [0.4, 0.5) is 4.39 Å². The second kappa shape index (κ2) is 15.4. The number of ether oxygens (including phenoxy) is 2. The molecule has 0 heterocycles. The maximum absolute atomic E-state index is 13.5. The average molecular weight is 622 g/mol. The van der Waals surface area contributed by atoms with Gasteiger partial charge in [-0.05, 0) is 77.7 Å². The number of carbonyl (C=O) groups is 1. The zero-order chi connectivity index (χ0) is 31.5. The van der Waals surface area contributed by atoms with E-state index in [4.69, 9.17) is 9.47 Å². The van der Waals surface area contributed by atoms with Gasteiger partial charge in [0, 0.05) is 25.2 Å². The third-order valence-electron chi connectivity index (χ3n) is 6.97. The number of benzene rings is 4. The van der Waals surface area contributed by atoms with Crippen molar-refractivity contribution in [2.75, 3.05) is 20.8 Å². The summed E-state index contributed by atoms with van der Waals surface area (Å²) in [5, 5.41) is 17.1. The summed E-state index contributed by atoms with van der Waals surface area (Å²) in [7, 11) is -0.834. The molecule has 4 N–H and O–H groups in total. The molecule has 2 atom stereocenters. The summed E-state index contributed by atoms with van der Waals surface area (Å²) in [6, 6.07) is 25.2. The fourth-order valence-corrected chi connectivity index (χ4v) is 5.61. The number of halogens is 1. The molecule has 4 rings (SSSR count). The van der Waals surface area contributed by atoms with E-state index in [0.29, 0.717) is 29.2 Å². The summed E-state index contributed by atoms with van der Waals surface area (Å²) < 4.78 is 52.6. The standard InChI is InChI=1S/C33H36FN3O6S/c1-42-28-9-3-6-24(16-28)20-35-22-32(38)31(18-23-12-14-27(34)15-13-23)37-33(39)26-8-5-11-30(19-26)44(40,41)36-21-25-7-4-10-29(17-25)43-2/h3-17,19,31-32,35-36,38H,18,20-22H2,1-2H3,(H,37,39)/t31-,32-/m0/s1. The van der Waals surface area contributed by atoms with E-state index < -0.39 is 33.9 Å². The van der Waals surface area contributed by atoms with Crippen LogP contribution < -0.4 is 24.8 Å². The highest BCUT2D eigenvalue weighted by Crippen LogP contribution is 2.17. The summed E-state index contributed by atoms with van der Waals surface area (Å²) in [6.45, 7) is 0.630. The molecule has 0 spiro atoms. The van der Waals surface area contributed by atoms with Crippen molar-refractivity contribution in [3.63, 3.8) is 0 Å². The first-order valence-corrected chi connectivity index (χ1v) is 15.4. The van der Waals surface area contributed by atoms with E-state index in [0.717, 1.165) is 5.56 Å². The summed E-state index contributed by atoms with van der Waals surface area (Å²) in [5.41, 5.74) is 2.48. The van der Waals surface area contributed by atoms with Gasteiger partial charge in [0.15, 0.2) is 0 Å². The van der Waals surface area contributed by atoms with Crippen molar-refractivity contribution in [2.24, 2.45) is 0 Å². The van der Waals surface area contributed by atoms with Gasteiger partial charge in [-0.2, -0.15) is 0 Å². The Bertz CT molecular complexity index is 1650. The summed E-state index contributed by atoms with van der Waals surface area (Å²) in [4.78, 5) is 13.3. The Morgan fingerprint density at radius 3 is 2.07 bits per heavy atom. The molecule has 0 aromatic heterocycles. The van der Waals surface area contributed by atoms with Crippen LogP contribution in [0.1, 0.15) is 27.0 Å². The van der Waals surface area contributed by atoms with Crippen LogP contribution in [0.25, 0.3) is 0 Å². The molecule has 11 heteroatoms. The number of hydrogen-bond acceptors (Lipinski definition) is 7. The van der Waals surface area contributed by atoms with Crippen LogP contribution in [0.3, 0.4) is 0 Å². The molecule has 0 bridgehead atoms. The molecule has 0 saturated carbocycles. The number of amides is 1. The lowest BCUT2D eigenvalue weighted by atomic mass is 10.00. The number of aliphatic hydroxyl groups excluding tert-OH is 1. The third-order valence-corrected chi connectivity index (χ3v) is 8.37. The second-order valence-corrected chi connectivity index (χ2v) is 11.9. The molecule has 44 heavy (non-hydrogen) atoms. The van der Waals surface area contributed by atoms with Crippen LogP contribution in [-0.2, 0) is 29.5 Å². The summed E-state index contributed by atoms with van der Waals surface area (Å²) in [5.74, 6) is 0.362. The second-order valence-electron chi connectivity index (χ2n) is 10.2. The van der Waals surface area contributed by atoms with Crippen LogP contribution in [0.2, 0.25) is 0 Å². The number of rotatable bonds is 15. The Hall–Kier alpha value is -4.29. The van der Waals surface area contributed by atoms with Crippen LogP contribution in [0.5, 0.6) is 11.5 Å². The number of carbonyl (C=O) groups excluding carboxylic acids is 1. The van der Waals surface area contributed by atoms with Crippen molar-refractivity contribution in [2.45, 2.75) is 36.6 Å². The van der Waals surface area contributed by atoms with E-state index in [1.54, 1.807) is 43.5 Å². The van der Waals surface area contributed by atoms with Gasteiger partial charge < -0.3 is 25.2 Å². The topological polar surface area (TPSA) is 126 Å². The predicted octanol–water partition coefficient (Wildman–Crippen LogP) is 3.81. The molecule has 9 nitrogen and oxygen atoms in total. The molecule has 0 aliphatic heterocycles. The Balaban J connectivity index is 1.45. The highest BCUT2D eigenvalue weighted by molar-refractivity contribution is 7.89. The summed E-state index contributed by atoms with van der Waals surface area (Å²) in [6.07, 6.45) is -0.806. The van der Waals surface area contributed by atoms with Gasteiger partial charge in [0.25, 0.3) is 5.91 Å². The molecular formula is C33H36FN3O6S. The molecule has 4 aromatic carbocycles. The molecule has 4 aromatic rings. The number of aliphatic hydroxyl groups is 1. The fraction of sp³-hybridized carbons (Fsp3) is 0.242. The average Bonchev–Trinajstić information content (AvgIpc) is 3.04. The van der Waals surface area contributed by atoms with Crippen LogP contribution >= 0.6 is 0 Å². The van der Waals surface area contributed by atoms with Gasteiger partial charge in [0.2, 0.25) is 10.0 Å². The minimum atomic E-state index is -3.95. The number of methoxy groups -OCH3 is 2. The van der Waals surface area contributed by atoms with E-state index in [1.807, 2.05) is 24.3 Å². The van der Waals surface area contributed by atoms with Gasteiger partial charge in [0.05, 0.1) is 31.3 Å². The zero-order valence-electron chi connectivity index (χ0n) is 24.5. The van der Waals surface area contributed by atoms with Crippen molar-refractivity contribution in [1.29, 1.82) is 0 Å². The number of sulfonamides is 1.